The van der Waals surface area contributed by atoms with Gasteiger partial charge in [-0.05, 0) is 36.8 Å². The number of benzene rings is 1. The first-order valence-corrected chi connectivity index (χ1v) is 8.06. The van der Waals surface area contributed by atoms with Gasteiger partial charge in [-0.3, -0.25) is 4.79 Å². The standard InChI is InChI=1S/C16H17ClN4O/c17-13-6-1-2-7-14(13)21-15(8-18-19-21)16(22)20-9-11-4-3-5-12(11)10-20/h1-2,6-8,11-12H,3-5,9-10H2/t11-,12+. The highest BCUT2D eigenvalue weighted by atomic mass is 35.5. The number of hydrogen-bond acceptors (Lipinski definition) is 3. The van der Waals surface area contributed by atoms with Gasteiger partial charge in [-0.25, -0.2) is 4.68 Å². The number of likely N-dealkylation sites (tertiary alicyclic amines) is 1. The van der Waals surface area contributed by atoms with Crippen LogP contribution >= 0.6 is 11.6 Å². The van der Waals surface area contributed by atoms with Gasteiger partial charge in [0.25, 0.3) is 5.91 Å². The second kappa shape index (κ2) is 5.39. The van der Waals surface area contributed by atoms with Crippen molar-refractivity contribution in [1.82, 2.24) is 19.9 Å². The average Bonchev–Trinajstić information content (AvgIpc) is 3.22. The molecule has 114 valence electrons. The molecule has 0 spiro atoms. The van der Waals surface area contributed by atoms with Crippen molar-refractivity contribution in [1.29, 1.82) is 0 Å². The average molecular weight is 317 g/mol. The van der Waals surface area contributed by atoms with Crippen LogP contribution in [0, 0.1) is 11.8 Å². The minimum atomic E-state index is -0.000630. The molecule has 1 amide bonds. The third kappa shape index (κ3) is 2.20. The zero-order chi connectivity index (χ0) is 15.1. The van der Waals surface area contributed by atoms with Crippen LogP contribution in [0.25, 0.3) is 5.69 Å². The van der Waals surface area contributed by atoms with Gasteiger partial charge in [0.2, 0.25) is 0 Å². The van der Waals surface area contributed by atoms with Gasteiger partial charge in [-0.2, -0.15) is 0 Å². The van der Waals surface area contributed by atoms with E-state index in [-0.39, 0.29) is 5.91 Å². The molecule has 1 aromatic heterocycles. The second-order valence-electron chi connectivity index (χ2n) is 6.14. The normalized spacial score (nSPS) is 23.8. The fourth-order valence-corrected chi connectivity index (χ4v) is 3.96. The lowest BCUT2D eigenvalue weighted by Crippen LogP contribution is -2.31. The Morgan fingerprint density at radius 3 is 2.64 bits per heavy atom. The van der Waals surface area contributed by atoms with Gasteiger partial charge in [-0.1, -0.05) is 35.4 Å². The Labute approximate surface area is 133 Å². The van der Waals surface area contributed by atoms with E-state index in [0.29, 0.717) is 28.2 Å². The Bertz CT molecular complexity index is 702. The largest absolute Gasteiger partial charge is 0.337 e. The zero-order valence-electron chi connectivity index (χ0n) is 12.2. The maximum absolute atomic E-state index is 12.8. The molecule has 1 aliphatic heterocycles. The van der Waals surface area contributed by atoms with Gasteiger partial charge >= 0.3 is 0 Å². The first-order chi connectivity index (χ1) is 10.7. The highest BCUT2D eigenvalue weighted by Crippen LogP contribution is 2.38. The first kappa shape index (κ1) is 13.8. The molecule has 0 radical (unpaired) electrons. The van der Waals surface area contributed by atoms with E-state index in [2.05, 4.69) is 10.3 Å². The summed E-state index contributed by atoms with van der Waals surface area (Å²) < 4.78 is 1.54. The zero-order valence-corrected chi connectivity index (χ0v) is 12.9. The highest BCUT2D eigenvalue weighted by Gasteiger charge is 2.39. The SMILES string of the molecule is O=C(c1cnnn1-c1ccccc1Cl)N1C[C@H]2CCC[C@H]2C1. The van der Waals surface area contributed by atoms with Crippen molar-refractivity contribution in [2.45, 2.75) is 19.3 Å². The van der Waals surface area contributed by atoms with Gasteiger partial charge in [-0.15, -0.1) is 5.10 Å². The van der Waals surface area contributed by atoms with Crippen LogP contribution in [0.15, 0.2) is 30.5 Å². The molecule has 6 heteroatoms. The van der Waals surface area contributed by atoms with E-state index in [1.54, 1.807) is 10.7 Å². The van der Waals surface area contributed by atoms with E-state index in [0.717, 1.165) is 13.1 Å². The molecule has 2 fully saturated rings. The van der Waals surface area contributed by atoms with Crippen LogP contribution in [-0.2, 0) is 0 Å². The Morgan fingerprint density at radius 1 is 1.18 bits per heavy atom. The molecule has 0 unspecified atom stereocenters. The van der Waals surface area contributed by atoms with Crippen LogP contribution in [0.1, 0.15) is 29.8 Å². The van der Waals surface area contributed by atoms with Crippen LogP contribution < -0.4 is 0 Å². The Kier molecular flexibility index (Phi) is 3.37. The van der Waals surface area contributed by atoms with E-state index in [1.807, 2.05) is 23.1 Å². The molecule has 2 atom stereocenters. The summed E-state index contributed by atoms with van der Waals surface area (Å²) in [4.78, 5) is 14.8. The fourth-order valence-electron chi connectivity index (χ4n) is 3.75. The van der Waals surface area contributed by atoms with Gasteiger partial charge < -0.3 is 4.90 Å². The van der Waals surface area contributed by atoms with Gasteiger partial charge in [0.15, 0.2) is 5.69 Å². The van der Waals surface area contributed by atoms with Crippen LogP contribution in [-0.4, -0.2) is 38.9 Å². The summed E-state index contributed by atoms with van der Waals surface area (Å²) in [6.45, 7) is 1.72. The predicted molar refractivity (Wildman–Crippen MR) is 83.1 cm³/mol. The molecule has 1 saturated carbocycles. The number of nitrogens with zero attached hydrogens (tertiary/aromatic N) is 4. The minimum absolute atomic E-state index is 0.000630. The maximum atomic E-state index is 12.8. The van der Waals surface area contributed by atoms with Crippen molar-refractivity contribution in [2.24, 2.45) is 11.8 Å². The molecular formula is C16H17ClN4O. The van der Waals surface area contributed by atoms with Crippen LogP contribution in [0.4, 0.5) is 0 Å². The Morgan fingerprint density at radius 2 is 1.91 bits per heavy atom. The number of hydrogen-bond donors (Lipinski definition) is 0. The summed E-state index contributed by atoms with van der Waals surface area (Å²) in [7, 11) is 0. The number of carbonyl (C=O) groups excluding carboxylic acids is 1. The third-order valence-electron chi connectivity index (χ3n) is 4.86. The predicted octanol–water partition coefficient (Wildman–Crippen LogP) is 2.79. The van der Waals surface area contributed by atoms with Crippen LogP contribution in [0.5, 0.6) is 0 Å². The minimum Gasteiger partial charge on any atom is -0.337 e. The molecule has 5 nitrogen and oxygen atoms in total. The summed E-state index contributed by atoms with van der Waals surface area (Å²) in [5, 5.41) is 8.51. The highest BCUT2D eigenvalue weighted by molar-refractivity contribution is 6.32. The molecule has 2 aliphatic rings. The van der Waals surface area contributed by atoms with Crippen molar-refractivity contribution >= 4 is 17.5 Å². The van der Waals surface area contributed by atoms with E-state index in [4.69, 9.17) is 11.6 Å². The summed E-state index contributed by atoms with van der Waals surface area (Å²) in [6.07, 6.45) is 5.32. The third-order valence-corrected chi connectivity index (χ3v) is 5.18. The number of para-hydroxylation sites is 1. The van der Waals surface area contributed by atoms with E-state index >= 15 is 0 Å². The van der Waals surface area contributed by atoms with Crippen molar-refractivity contribution < 1.29 is 4.79 Å². The summed E-state index contributed by atoms with van der Waals surface area (Å²) >= 11 is 6.22. The number of amides is 1. The smallest absolute Gasteiger partial charge is 0.274 e. The van der Waals surface area contributed by atoms with Gasteiger partial charge in [0, 0.05) is 13.1 Å². The summed E-state index contributed by atoms with van der Waals surface area (Å²) in [5.41, 5.74) is 1.16. The van der Waals surface area contributed by atoms with Crippen molar-refractivity contribution in [3.8, 4) is 5.69 Å². The van der Waals surface area contributed by atoms with Gasteiger partial charge in [0.05, 0.1) is 16.9 Å². The molecule has 0 N–H and O–H groups in total. The molecule has 1 aromatic carbocycles. The monoisotopic (exact) mass is 316 g/mol. The van der Waals surface area contributed by atoms with E-state index in [9.17, 15) is 4.79 Å². The van der Waals surface area contributed by atoms with Crippen molar-refractivity contribution in [2.75, 3.05) is 13.1 Å². The Hall–Kier alpha value is -1.88. The lowest BCUT2D eigenvalue weighted by molar-refractivity contribution is 0.0771. The lowest BCUT2D eigenvalue weighted by atomic mass is 10.0. The number of aromatic nitrogens is 3. The van der Waals surface area contributed by atoms with Crippen molar-refractivity contribution in [3.05, 3.63) is 41.2 Å². The molecule has 1 aliphatic carbocycles. The number of rotatable bonds is 2. The summed E-state index contributed by atoms with van der Waals surface area (Å²) in [6, 6.07) is 7.35. The number of fused-ring (bicyclic) bond motifs is 1. The van der Waals surface area contributed by atoms with Crippen LogP contribution in [0.3, 0.4) is 0 Å². The molecule has 4 rings (SSSR count). The molecule has 0 bridgehead atoms. The Balaban J connectivity index is 1.63. The van der Waals surface area contributed by atoms with Gasteiger partial charge in [0.1, 0.15) is 0 Å². The first-order valence-electron chi connectivity index (χ1n) is 7.69. The van der Waals surface area contributed by atoms with Crippen LogP contribution in [0.2, 0.25) is 5.02 Å². The van der Waals surface area contributed by atoms with Crippen molar-refractivity contribution in [3.63, 3.8) is 0 Å². The molecular weight excluding hydrogens is 300 g/mol. The van der Waals surface area contributed by atoms with E-state index < -0.39 is 0 Å². The second-order valence-corrected chi connectivity index (χ2v) is 6.55. The fraction of sp³-hybridized carbons (Fsp3) is 0.438. The number of carbonyl (C=O) groups is 1. The molecule has 1 saturated heterocycles. The lowest BCUT2D eigenvalue weighted by Gasteiger charge is -2.17. The quantitative estimate of drug-likeness (QED) is 0.856. The maximum Gasteiger partial charge on any atom is 0.274 e. The topological polar surface area (TPSA) is 51.0 Å². The molecule has 22 heavy (non-hydrogen) atoms. The summed E-state index contributed by atoms with van der Waals surface area (Å²) in [5.74, 6) is 1.35. The van der Waals surface area contributed by atoms with E-state index in [1.165, 1.54) is 25.5 Å². The molecule has 2 aromatic rings. The molecule has 2 heterocycles. The number of halogens is 1.